The molecule has 0 bridgehead atoms. The minimum absolute atomic E-state index is 0.00844. The van der Waals surface area contributed by atoms with Crippen LogP contribution in [0.5, 0.6) is 5.75 Å². The molecular weight excluding hydrogens is 465 g/mol. The summed E-state index contributed by atoms with van der Waals surface area (Å²) < 4.78 is 5.63. The lowest BCUT2D eigenvalue weighted by Crippen LogP contribution is -2.13. The Labute approximate surface area is 201 Å². The second kappa shape index (κ2) is 11.7. The zero-order valence-corrected chi connectivity index (χ0v) is 19.7. The fraction of sp³-hybridized carbons (Fsp3) is 0.208. The number of unbranched alkanes of at least 4 members (excludes halogenated alkanes) is 1. The van der Waals surface area contributed by atoms with Gasteiger partial charge in [0.2, 0.25) is 0 Å². The number of halogens is 2. The van der Waals surface area contributed by atoms with Gasteiger partial charge in [0, 0.05) is 17.5 Å². The van der Waals surface area contributed by atoms with E-state index in [9.17, 15) is 10.1 Å². The van der Waals surface area contributed by atoms with E-state index in [2.05, 4.69) is 17.2 Å². The van der Waals surface area contributed by atoms with Gasteiger partial charge in [-0.05, 0) is 47.9 Å². The van der Waals surface area contributed by atoms with Crippen molar-refractivity contribution in [2.75, 3.05) is 11.9 Å². The number of thiazole rings is 1. The number of ether oxygens (including phenoxy) is 1. The van der Waals surface area contributed by atoms with Crippen molar-refractivity contribution in [1.29, 1.82) is 5.26 Å². The average Bonchev–Trinajstić information content (AvgIpc) is 3.22. The highest BCUT2D eigenvalue weighted by Crippen LogP contribution is 2.26. The fourth-order valence-electron chi connectivity index (χ4n) is 2.77. The van der Waals surface area contributed by atoms with Crippen molar-refractivity contribution >= 4 is 51.7 Å². The Morgan fingerprint density at radius 1 is 1.22 bits per heavy atom. The first kappa shape index (κ1) is 23.8. The van der Waals surface area contributed by atoms with E-state index in [1.807, 2.05) is 36.4 Å². The second-order valence-corrected chi connectivity index (χ2v) is 8.88. The lowest BCUT2D eigenvalue weighted by molar-refractivity contribution is -0.112. The number of rotatable bonds is 9. The summed E-state index contributed by atoms with van der Waals surface area (Å²) in [5.41, 5.74) is 1.71. The molecular formula is C24H21Cl2N3O2S. The highest BCUT2D eigenvalue weighted by atomic mass is 35.5. The van der Waals surface area contributed by atoms with E-state index >= 15 is 0 Å². The maximum absolute atomic E-state index is 12.5. The number of anilines is 1. The smallest absolute Gasteiger partial charge is 0.268 e. The third-order valence-corrected chi connectivity index (χ3v) is 6.11. The highest BCUT2D eigenvalue weighted by molar-refractivity contribution is 7.15. The zero-order chi connectivity index (χ0) is 22.9. The van der Waals surface area contributed by atoms with Gasteiger partial charge in [-0.15, -0.1) is 11.3 Å². The normalized spacial score (nSPS) is 11.1. The van der Waals surface area contributed by atoms with Gasteiger partial charge in [-0.25, -0.2) is 4.98 Å². The molecule has 1 N–H and O–H groups in total. The standard InChI is InChI=1S/C24H21Cl2N3O2S/c1-2-3-10-31-19-7-4-16(5-8-19)11-18(14-27)23(30)29-24-28-15-20(32-24)12-17-6-9-21(25)22(26)13-17/h4-9,11,13,15H,2-3,10,12H2,1H3,(H,28,29,30)/b18-11+. The van der Waals surface area contributed by atoms with Crippen LogP contribution in [-0.2, 0) is 11.2 Å². The van der Waals surface area contributed by atoms with Crippen LogP contribution in [0, 0.1) is 11.3 Å². The molecule has 164 valence electrons. The molecule has 3 rings (SSSR count). The summed E-state index contributed by atoms with van der Waals surface area (Å²) in [6.07, 6.45) is 5.90. The maximum atomic E-state index is 12.5. The van der Waals surface area contributed by atoms with Gasteiger partial charge in [-0.1, -0.05) is 54.7 Å². The van der Waals surface area contributed by atoms with Gasteiger partial charge in [-0.2, -0.15) is 5.26 Å². The number of nitrogens with zero attached hydrogens (tertiary/aromatic N) is 2. The molecule has 8 heteroatoms. The molecule has 1 heterocycles. The SMILES string of the molecule is CCCCOc1ccc(/C=C(\C#N)C(=O)Nc2ncc(Cc3ccc(Cl)c(Cl)c3)s2)cc1. The molecule has 0 aliphatic heterocycles. The molecule has 1 amide bonds. The molecule has 0 saturated carbocycles. The van der Waals surface area contributed by atoms with Crippen LogP contribution in [0.1, 0.15) is 35.8 Å². The van der Waals surface area contributed by atoms with Gasteiger partial charge >= 0.3 is 0 Å². The Kier molecular flexibility index (Phi) is 8.69. The number of amides is 1. The summed E-state index contributed by atoms with van der Waals surface area (Å²) in [7, 11) is 0. The molecule has 0 aliphatic rings. The molecule has 0 unspecified atom stereocenters. The number of nitriles is 1. The van der Waals surface area contributed by atoms with Crippen molar-refractivity contribution in [2.45, 2.75) is 26.2 Å². The number of carbonyl (C=O) groups is 1. The number of aromatic nitrogens is 1. The lowest BCUT2D eigenvalue weighted by Gasteiger charge is -2.05. The first-order chi connectivity index (χ1) is 15.5. The number of hydrogen-bond acceptors (Lipinski definition) is 5. The third kappa shape index (κ3) is 6.83. The van der Waals surface area contributed by atoms with Crippen molar-refractivity contribution < 1.29 is 9.53 Å². The largest absolute Gasteiger partial charge is 0.494 e. The molecule has 0 radical (unpaired) electrons. The molecule has 5 nitrogen and oxygen atoms in total. The first-order valence-corrected chi connectivity index (χ1v) is 11.6. The summed E-state index contributed by atoms with van der Waals surface area (Å²) in [5.74, 6) is 0.252. The van der Waals surface area contributed by atoms with Crippen molar-refractivity contribution in [3.8, 4) is 11.8 Å². The minimum Gasteiger partial charge on any atom is -0.494 e. The lowest BCUT2D eigenvalue weighted by atomic mass is 10.1. The maximum Gasteiger partial charge on any atom is 0.268 e. The minimum atomic E-state index is -0.508. The van der Waals surface area contributed by atoms with E-state index in [1.54, 1.807) is 18.3 Å². The van der Waals surface area contributed by atoms with Crippen LogP contribution in [0.4, 0.5) is 5.13 Å². The van der Waals surface area contributed by atoms with Gasteiger partial charge < -0.3 is 4.74 Å². The summed E-state index contributed by atoms with van der Waals surface area (Å²) >= 11 is 13.4. The Bertz CT molecular complexity index is 1150. The van der Waals surface area contributed by atoms with Crippen LogP contribution in [-0.4, -0.2) is 17.5 Å². The van der Waals surface area contributed by atoms with Gasteiger partial charge in [0.05, 0.1) is 16.7 Å². The van der Waals surface area contributed by atoms with Crippen LogP contribution in [0.25, 0.3) is 6.08 Å². The Morgan fingerprint density at radius 3 is 2.69 bits per heavy atom. The molecule has 0 fully saturated rings. The van der Waals surface area contributed by atoms with E-state index in [0.717, 1.165) is 34.6 Å². The van der Waals surface area contributed by atoms with E-state index in [4.69, 9.17) is 27.9 Å². The summed E-state index contributed by atoms with van der Waals surface area (Å²) in [6, 6.07) is 14.7. The van der Waals surface area contributed by atoms with E-state index in [1.165, 1.54) is 17.4 Å². The Balaban J connectivity index is 1.62. The van der Waals surface area contributed by atoms with Gasteiger partial charge in [-0.3, -0.25) is 10.1 Å². The molecule has 0 saturated heterocycles. The highest BCUT2D eigenvalue weighted by Gasteiger charge is 2.13. The number of nitrogens with one attached hydrogen (secondary N) is 1. The van der Waals surface area contributed by atoms with Crippen molar-refractivity contribution in [3.05, 3.63) is 80.3 Å². The Hall–Kier alpha value is -2.85. The second-order valence-electron chi connectivity index (χ2n) is 6.95. The summed E-state index contributed by atoms with van der Waals surface area (Å²) in [6.45, 7) is 2.77. The molecule has 32 heavy (non-hydrogen) atoms. The van der Waals surface area contributed by atoms with Gasteiger partial charge in [0.25, 0.3) is 5.91 Å². The van der Waals surface area contributed by atoms with E-state index in [-0.39, 0.29) is 5.57 Å². The molecule has 1 aromatic heterocycles. The molecule has 3 aromatic rings. The summed E-state index contributed by atoms with van der Waals surface area (Å²) in [5, 5.41) is 13.5. The van der Waals surface area contributed by atoms with Crippen LogP contribution < -0.4 is 10.1 Å². The predicted octanol–water partition coefficient (Wildman–Crippen LogP) is 6.77. The van der Waals surface area contributed by atoms with Crippen LogP contribution in [0.3, 0.4) is 0 Å². The first-order valence-electron chi connectivity index (χ1n) is 10.0. The molecule has 0 spiro atoms. The topological polar surface area (TPSA) is 75.0 Å². The molecule has 0 aliphatic carbocycles. The number of benzene rings is 2. The quantitative estimate of drug-likeness (QED) is 0.206. The summed E-state index contributed by atoms with van der Waals surface area (Å²) in [4.78, 5) is 17.7. The average molecular weight is 486 g/mol. The van der Waals surface area contributed by atoms with Crippen molar-refractivity contribution in [1.82, 2.24) is 4.98 Å². The third-order valence-electron chi connectivity index (χ3n) is 4.46. The molecule has 0 atom stereocenters. The van der Waals surface area contributed by atoms with Crippen molar-refractivity contribution in [2.24, 2.45) is 0 Å². The number of hydrogen-bond donors (Lipinski definition) is 1. The monoisotopic (exact) mass is 485 g/mol. The van der Waals surface area contributed by atoms with Crippen LogP contribution in [0.15, 0.2) is 54.2 Å². The van der Waals surface area contributed by atoms with E-state index < -0.39 is 5.91 Å². The fourth-order valence-corrected chi connectivity index (χ4v) is 3.93. The van der Waals surface area contributed by atoms with Crippen LogP contribution >= 0.6 is 34.5 Å². The zero-order valence-electron chi connectivity index (χ0n) is 17.4. The van der Waals surface area contributed by atoms with Gasteiger partial charge in [0.1, 0.15) is 17.4 Å². The molecule has 2 aromatic carbocycles. The van der Waals surface area contributed by atoms with Crippen molar-refractivity contribution in [3.63, 3.8) is 0 Å². The van der Waals surface area contributed by atoms with Gasteiger partial charge in [0.15, 0.2) is 5.13 Å². The Morgan fingerprint density at radius 2 is 2.00 bits per heavy atom. The van der Waals surface area contributed by atoms with Crippen LogP contribution in [0.2, 0.25) is 10.0 Å². The number of carbonyl (C=O) groups excluding carboxylic acids is 1. The van der Waals surface area contributed by atoms with E-state index in [0.29, 0.717) is 28.2 Å². The predicted molar refractivity (Wildman–Crippen MR) is 130 cm³/mol.